The standard InChI is InChI=1S/C9H17O5P/c1-5-9(14-8(4)10)15(11,12-6-2)13-7-3/h5,9H,1,6-7H2,2-4H3/t9-/m0/s1. The molecule has 1 atom stereocenters. The first-order valence-electron chi connectivity index (χ1n) is 4.68. The highest BCUT2D eigenvalue weighted by atomic mass is 31.2. The second kappa shape index (κ2) is 6.77. The first-order valence-corrected chi connectivity index (χ1v) is 6.29. The molecule has 0 radical (unpaired) electrons. The van der Waals surface area contributed by atoms with Gasteiger partial charge in [0.25, 0.3) is 0 Å². The van der Waals surface area contributed by atoms with E-state index in [2.05, 4.69) is 6.58 Å². The van der Waals surface area contributed by atoms with Crippen LogP contribution < -0.4 is 0 Å². The van der Waals surface area contributed by atoms with Crippen LogP contribution in [0.4, 0.5) is 0 Å². The molecule has 0 spiro atoms. The highest BCUT2D eigenvalue weighted by molar-refractivity contribution is 7.54. The van der Waals surface area contributed by atoms with Crippen molar-refractivity contribution in [3.8, 4) is 0 Å². The summed E-state index contributed by atoms with van der Waals surface area (Å²) in [5, 5.41) is 0. The SMILES string of the molecule is C=C[C@@H](OC(C)=O)P(=O)(OCC)OCC. The number of ether oxygens (including phenoxy) is 1. The van der Waals surface area contributed by atoms with Gasteiger partial charge in [-0.05, 0) is 19.9 Å². The molecule has 0 rings (SSSR count). The Morgan fingerprint density at radius 3 is 2.13 bits per heavy atom. The Morgan fingerprint density at radius 2 is 1.87 bits per heavy atom. The topological polar surface area (TPSA) is 61.8 Å². The Balaban J connectivity index is 4.75. The first kappa shape index (κ1) is 14.4. The maximum atomic E-state index is 12.1. The number of rotatable bonds is 7. The zero-order chi connectivity index (χ0) is 11.9. The van der Waals surface area contributed by atoms with Crippen LogP contribution >= 0.6 is 7.60 Å². The van der Waals surface area contributed by atoms with E-state index in [1.54, 1.807) is 13.8 Å². The zero-order valence-electron chi connectivity index (χ0n) is 9.26. The minimum Gasteiger partial charge on any atom is -0.445 e. The van der Waals surface area contributed by atoms with Crippen LogP contribution in [-0.4, -0.2) is 25.0 Å². The van der Waals surface area contributed by atoms with Gasteiger partial charge in [0.2, 0.25) is 5.85 Å². The Hall–Kier alpha value is -0.640. The van der Waals surface area contributed by atoms with Gasteiger partial charge in [-0.2, -0.15) is 0 Å². The van der Waals surface area contributed by atoms with Gasteiger partial charge in [0.1, 0.15) is 0 Å². The Morgan fingerprint density at radius 1 is 1.40 bits per heavy atom. The predicted molar refractivity (Wildman–Crippen MR) is 56.6 cm³/mol. The molecule has 0 N–H and O–H groups in total. The molecule has 0 aliphatic carbocycles. The fourth-order valence-corrected chi connectivity index (χ4v) is 2.58. The van der Waals surface area contributed by atoms with E-state index in [9.17, 15) is 9.36 Å². The molecule has 0 aromatic carbocycles. The van der Waals surface area contributed by atoms with E-state index in [-0.39, 0.29) is 13.2 Å². The summed E-state index contributed by atoms with van der Waals surface area (Å²) in [5.74, 6) is -1.60. The molecule has 6 heteroatoms. The lowest BCUT2D eigenvalue weighted by Gasteiger charge is -2.23. The van der Waals surface area contributed by atoms with Crippen LogP contribution in [0, 0.1) is 0 Å². The molecule has 0 amide bonds. The van der Waals surface area contributed by atoms with Crippen LogP contribution in [0.1, 0.15) is 20.8 Å². The van der Waals surface area contributed by atoms with Gasteiger partial charge in [0.05, 0.1) is 13.2 Å². The third-order valence-corrected chi connectivity index (χ3v) is 3.59. The Kier molecular flexibility index (Phi) is 6.48. The van der Waals surface area contributed by atoms with Gasteiger partial charge in [-0.3, -0.25) is 9.36 Å². The summed E-state index contributed by atoms with van der Waals surface area (Å²) in [7, 11) is -3.44. The van der Waals surface area contributed by atoms with Crippen LogP contribution in [0.3, 0.4) is 0 Å². The second-order valence-electron chi connectivity index (χ2n) is 2.61. The molecule has 15 heavy (non-hydrogen) atoms. The van der Waals surface area contributed by atoms with Crippen molar-refractivity contribution in [1.29, 1.82) is 0 Å². The first-order chi connectivity index (χ1) is 7.00. The fraction of sp³-hybridized carbons (Fsp3) is 0.667. The highest BCUT2D eigenvalue weighted by Gasteiger charge is 2.35. The Bertz CT molecular complexity index is 253. The summed E-state index contributed by atoms with van der Waals surface area (Å²) >= 11 is 0. The maximum Gasteiger partial charge on any atom is 0.374 e. The molecule has 0 saturated heterocycles. The minimum atomic E-state index is -3.44. The minimum absolute atomic E-state index is 0.211. The molecule has 0 aliphatic heterocycles. The lowest BCUT2D eigenvalue weighted by atomic mass is 10.7. The highest BCUT2D eigenvalue weighted by Crippen LogP contribution is 2.53. The summed E-state index contributed by atoms with van der Waals surface area (Å²) in [6.45, 7) is 8.44. The fourth-order valence-electron chi connectivity index (χ4n) is 0.956. The van der Waals surface area contributed by atoms with Gasteiger partial charge >= 0.3 is 13.6 Å². The third kappa shape index (κ3) is 4.60. The van der Waals surface area contributed by atoms with E-state index in [4.69, 9.17) is 13.8 Å². The van der Waals surface area contributed by atoms with E-state index < -0.39 is 19.4 Å². The number of hydrogen-bond donors (Lipinski definition) is 0. The molecule has 0 saturated carbocycles. The molecule has 0 bridgehead atoms. The van der Waals surface area contributed by atoms with E-state index in [0.717, 1.165) is 0 Å². The molecular formula is C9H17O5P. The van der Waals surface area contributed by atoms with Gasteiger partial charge in [0.15, 0.2) is 0 Å². The second-order valence-corrected chi connectivity index (χ2v) is 4.72. The van der Waals surface area contributed by atoms with Crippen molar-refractivity contribution in [1.82, 2.24) is 0 Å². The lowest BCUT2D eigenvalue weighted by molar-refractivity contribution is -0.142. The van der Waals surface area contributed by atoms with Gasteiger partial charge in [-0.1, -0.05) is 6.58 Å². The van der Waals surface area contributed by atoms with E-state index in [0.29, 0.717) is 0 Å². The van der Waals surface area contributed by atoms with Crippen molar-refractivity contribution in [2.24, 2.45) is 0 Å². The monoisotopic (exact) mass is 236 g/mol. The number of esters is 1. The Labute approximate surface area is 89.9 Å². The molecular weight excluding hydrogens is 219 g/mol. The van der Waals surface area contributed by atoms with Crippen molar-refractivity contribution in [3.05, 3.63) is 12.7 Å². The van der Waals surface area contributed by atoms with Crippen molar-refractivity contribution in [2.75, 3.05) is 13.2 Å². The molecule has 0 aromatic heterocycles. The van der Waals surface area contributed by atoms with E-state index in [1.165, 1.54) is 13.0 Å². The zero-order valence-corrected chi connectivity index (χ0v) is 10.2. The van der Waals surface area contributed by atoms with Crippen LogP contribution in [0.2, 0.25) is 0 Å². The molecule has 0 aromatic rings. The number of carbonyl (C=O) groups excluding carboxylic acids is 1. The third-order valence-electron chi connectivity index (χ3n) is 1.42. The summed E-state index contributed by atoms with van der Waals surface area (Å²) in [6, 6.07) is 0. The molecule has 5 nitrogen and oxygen atoms in total. The summed E-state index contributed by atoms with van der Waals surface area (Å²) in [5.41, 5.74) is 0. The van der Waals surface area contributed by atoms with Crippen molar-refractivity contribution < 1.29 is 23.1 Å². The van der Waals surface area contributed by atoms with Crippen LogP contribution in [0.15, 0.2) is 12.7 Å². The van der Waals surface area contributed by atoms with Gasteiger partial charge in [-0.25, -0.2) is 0 Å². The average Bonchev–Trinajstić information content (AvgIpc) is 2.14. The number of carbonyl (C=O) groups is 1. The number of hydrogen-bond acceptors (Lipinski definition) is 5. The molecule has 0 fully saturated rings. The van der Waals surface area contributed by atoms with Crippen molar-refractivity contribution >= 4 is 13.6 Å². The van der Waals surface area contributed by atoms with Crippen LogP contribution in [0.5, 0.6) is 0 Å². The largest absolute Gasteiger partial charge is 0.445 e. The summed E-state index contributed by atoms with van der Waals surface area (Å²) < 4.78 is 26.9. The van der Waals surface area contributed by atoms with E-state index >= 15 is 0 Å². The maximum absolute atomic E-state index is 12.1. The smallest absolute Gasteiger partial charge is 0.374 e. The van der Waals surface area contributed by atoms with Gasteiger partial charge in [0, 0.05) is 6.92 Å². The van der Waals surface area contributed by atoms with Crippen LogP contribution in [0.25, 0.3) is 0 Å². The van der Waals surface area contributed by atoms with Crippen molar-refractivity contribution in [2.45, 2.75) is 26.6 Å². The van der Waals surface area contributed by atoms with Crippen molar-refractivity contribution in [3.63, 3.8) is 0 Å². The molecule has 0 heterocycles. The van der Waals surface area contributed by atoms with Gasteiger partial charge in [-0.15, -0.1) is 0 Å². The quantitative estimate of drug-likeness (QED) is 0.385. The summed E-state index contributed by atoms with van der Waals surface area (Å²) in [6.07, 6.45) is 1.24. The average molecular weight is 236 g/mol. The van der Waals surface area contributed by atoms with E-state index in [1.807, 2.05) is 0 Å². The predicted octanol–water partition coefficient (Wildman–Crippen LogP) is 2.33. The van der Waals surface area contributed by atoms with Gasteiger partial charge < -0.3 is 13.8 Å². The normalized spacial score (nSPS) is 13.3. The van der Waals surface area contributed by atoms with Crippen LogP contribution in [-0.2, 0) is 23.1 Å². The lowest BCUT2D eigenvalue weighted by Crippen LogP contribution is -2.17. The molecule has 88 valence electrons. The molecule has 0 unspecified atom stereocenters. The summed E-state index contributed by atoms with van der Waals surface area (Å²) in [4.78, 5) is 10.8. The molecule has 0 aliphatic rings.